The predicted molar refractivity (Wildman–Crippen MR) is 45.3 cm³/mol. The van der Waals surface area contributed by atoms with Crippen LogP contribution in [0.3, 0.4) is 0 Å². The van der Waals surface area contributed by atoms with Crippen LogP contribution in [0.25, 0.3) is 0 Å². The van der Waals surface area contributed by atoms with Crippen molar-refractivity contribution in [3.05, 3.63) is 22.4 Å². The molecular weight excluding hydrogens is 160 g/mol. The van der Waals surface area contributed by atoms with E-state index in [1.807, 2.05) is 16.8 Å². The predicted octanol–water partition coefficient (Wildman–Crippen LogP) is 0.494. The average Bonchev–Trinajstić information content (AvgIpc) is 2.53. The van der Waals surface area contributed by atoms with Gasteiger partial charge in [0.05, 0.1) is 0 Å². The van der Waals surface area contributed by atoms with Gasteiger partial charge in [-0.15, -0.1) is 0 Å². The number of likely N-dealkylation sites (N-methyl/N-ethyl adjacent to an activating group) is 1. The van der Waals surface area contributed by atoms with Crippen molar-refractivity contribution in [2.24, 2.45) is 5.73 Å². The minimum absolute atomic E-state index is 0.150. The molecule has 0 radical (unpaired) electrons. The summed E-state index contributed by atoms with van der Waals surface area (Å²) < 4.78 is 0. The Kier molecular flexibility index (Phi) is 2.62. The Morgan fingerprint density at radius 3 is 3.00 bits per heavy atom. The zero-order valence-electron chi connectivity index (χ0n) is 6.20. The van der Waals surface area contributed by atoms with Gasteiger partial charge in [0, 0.05) is 7.05 Å². The maximum Gasteiger partial charge on any atom is 0.241 e. The zero-order chi connectivity index (χ0) is 8.27. The molecule has 0 saturated heterocycles. The molecule has 1 amide bonds. The van der Waals surface area contributed by atoms with E-state index in [-0.39, 0.29) is 5.91 Å². The van der Waals surface area contributed by atoms with Crippen molar-refractivity contribution in [2.75, 3.05) is 7.05 Å². The van der Waals surface area contributed by atoms with E-state index in [1.165, 1.54) is 11.3 Å². The zero-order valence-corrected chi connectivity index (χ0v) is 7.02. The van der Waals surface area contributed by atoms with Crippen molar-refractivity contribution in [3.63, 3.8) is 0 Å². The molecule has 0 spiro atoms. The van der Waals surface area contributed by atoms with E-state index in [9.17, 15) is 4.79 Å². The van der Waals surface area contributed by atoms with Gasteiger partial charge in [0.1, 0.15) is 6.04 Å². The molecule has 60 valence electrons. The molecule has 1 aromatic rings. The molecule has 3 N–H and O–H groups in total. The fourth-order valence-corrected chi connectivity index (χ4v) is 1.46. The summed E-state index contributed by atoms with van der Waals surface area (Å²) in [7, 11) is 1.58. The number of carbonyl (C=O) groups excluding carboxylic acids is 1. The van der Waals surface area contributed by atoms with Gasteiger partial charge >= 0.3 is 0 Å². The van der Waals surface area contributed by atoms with Crippen molar-refractivity contribution < 1.29 is 4.79 Å². The number of thiophene rings is 1. The molecule has 4 heteroatoms. The highest BCUT2D eigenvalue weighted by atomic mass is 32.1. The molecule has 3 nitrogen and oxygen atoms in total. The number of nitrogens with two attached hydrogens (primary N) is 1. The molecule has 1 rings (SSSR count). The molecule has 0 aliphatic carbocycles. The Morgan fingerprint density at radius 2 is 2.55 bits per heavy atom. The Balaban J connectivity index is 2.70. The van der Waals surface area contributed by atoms with E-state index in [1.54, 1.807) is 7.05 Å². The van der Waals surface area contributed by atoms with E-state index in [0.29, 0.717) is 0 Å². The number of rotatable bonds is 2. The third-order valence-corrected chi connectivity index (χ3v) is 2.13. The van der Waals surface area contributed by atoms with E-state index >= 15 is 0 Å². The van der Waals surface area contributed by atoms with Gasteiger partial charge in [-0.2, -0.15) is 11.3 Å². The molecule has 1 unspecified atom stereocenters. The number of carbonyl (C=O) groups is 1. The van der Waals surface area contributed by atoms with Crippen molar-refractivity contribution in [2.45, 2.75) is 6.04 Å². The van der Waals surface area contributed by atoms with Gasteiger partial charge in [-0.1, -0.05) is 0 Å². The van der Waals surface area contributed by atoms with Crippen LogP contribution in [0.5, 0.6) is 0 Å². The summed E-state index contributed by atoms with van der Waals surface area (Å²) in [4.78, 5) is 11.0. The minimum atomic E-state index is -0.522. The Morgan fingerprint density at radius 1 is 1.82 bits per heavy atom. The van der Waals surface area contributed by atoms with E-state index < -0.39 is 6.04 Å². The van der Waals surface area contributed by atoms with Gasteiger partial charge in [0.25, 0.3) is 0 Å². The summed E-state index contributed by atoms with van der Waals surface area (Å²) in [6.45, 7) is 0. The Labute approximate surface area is 69.2 Å². The first kappa shape index (κ1) is 8.23. The molecule has 0 saturated carbocycles. The summed E-state index contributed by atoms with van der Waals surface area (Å²) in [6.07, 6.45) is 0. The summed E-state index contributed by atoms with van der Waals surface area (Å²) in [6, 6.07) is 1.33. The summed E-state index contributed by atoms with van der Waals surface area (Å²) in [5.41, 5.74) is 6.46. The fourth-order valence-electron chi connectivity index (χ4n) is 0.759. The van der Waals surface area contributed by atoms with Crippen molar-refractivity contribution >= 4 is 17.2 Å². The topological polar surface area (TPSA) is 55.1 Å². The van der Waals surface area contributed by atoms with E-state index in [4.69, 9.17) is 5.73 Å². The van der Waals surface area contributed by atoms with Crippen LogP contribution < -0.4 is 11.1 Å². The van der Waals surface area contributed by atoms with Crippen LogP contribution in [-0.4, -0.2) is 13.0 Å². The van der Waals surface area contributed by atoms with Gasteiger partial charge in [0.2, 0.25) is 5.91 Å². The van der Waals surface area contributed by atoms with Crippen LogP contribution in [0.1, 0.15) is 11.6 Å². The second-order valence-corrected chi connectivity index (χ2v) is 2.93. The summed E-state index contributed by atoms with van der Waals surface area (Å²) >= 11 is 1.54. The van der Waals surface area contributed by atoms with Gasteiger partial charge in [-0.05, 0) is 22.4 Å². The van der Waals surface area contributed by atoms with Gasteiger partial charge < -0.3 is 11.1 Å². The van der Waals surface area contributed by atoms with E-state index in [2.05, 4.69) is 5.32 Å². The number of amides is 1. The van der Waals surface area contributed by atoms with Crippen LogP contribution in [0.15, 0.2) is 16.8 Å². The molecule has 0 aliphatic heterocycles. The fraction of sp³-hybridized carbons (Fsp3) is 0.286. The second kappa shape index (κ2) is 3.50. The minimum Gasteiger partial charge on any atom is -0.358 e. The third-order valence-electron chi connectivity index (χ3n) is 1.43. The number of hydrogen-bond donors (Lipinski definition) is 2. The first-order chi connectivity index (χ1) is 5.25. The lowest BCUT2D eigenvalue weighted by atomic mass is 10.1. The maximum absolute atomic E-state index is 11.0. The highest BCUT2D eigenvalue weighted by molar-refractivity contribution is 7.08. The number of nitrogens with one attached hydrogen (secondary N) is 1. The maximum atomic E-state index is 11.0. The standard InChI is InChI=1S/C7H10N2OS/c1-9-7(10)6(8)5-2-3-11-4-5/h2-4,6H,8H2,1H3,(H,9,10). The smallest absolute Gasteiger partial charge is 0.241 e. The SMILES string of the molecule is CNC(=O)C(N)c1ccsc1. The molecule has 1 aromatic heterocycles. The highest BCUT2D eigenvalue weighted by Crippen LogP contribution is 2.13. The summed E-state index contributed by atoms with van der Waals surface area (Å²) in [5.74, 6) is -0.150. The van der Waals surface area contributed by atoms with E-state index in [0.717, 1.165) is 5.56 Å². The quantitative estimate of drug-likeness (QED) is 0.679. The first-order valence-electron chi connectivity index (χ1n) is 3.25. The molecule has 0 aromatic carbocycles. The summed E-state index contributed by atoms with van der Waals surface area (Å²) in [5, 5.41) is 6.27. The second-order valence-electron chi connectivity index (χ2n) is 2.15. The van der Waals surface area contributed by atoms with Crippen LogP contribution in [0, 0.1) is 0 Å². The lowest BCUT2D eigenvalue weighted by Gasteiger charge is -2.06. The highest BCUT2D eigenvalue weighted by Gasteiger charge is 2.13. The van der Waals surface area contributed by atoms with Crippen molar-refractivity contribution in [1.29, 1.82) is 0 Å². The lowest BCUT2D eigenvalue weighted by molar-refractivity contribution is -0.121. The normalized spacial score (nSPS) is 12.5. The van der Waals surface area contributed by atoms with Crippen LogP contribution in [0.4, 0.5) is 0 Å². The molecule has 0 aliphatic rings. The van der Waals surface area contributed by atoms with Gasteiger partial charge in [-0.3, -0.25) is 4.79 Å². The molecule has 1 atom stereocenters. The molecule has 0 fully saturated rings. The lowest BCUT2D eigenvalue weighted by Crippen LogP contribution is -2.30. The Hall–Kier alpha value is -0.870. The third kappa shape index (κ3) is 1.78. The van der Waals surface area contributed by atoms with Crippen molar-refractivity contribution in [1.82, 2.24) is 5.32 Å². The van der Waals surface area contributed by atoms with Crippen molar-refractivity contribution in [3.8, 4) is 0 Å². The molecule has 0 bridgehead atoms. The van der Waals surface area contributed by atoms with Crippen LogP contribution in [-0.2, 0) is 4.79 Å². The first-order valence-corrected chi connectivity index (χ1v) is 4.19. The molecule has 11 heavy (non-hydrogen) atoms. The molecular formula is C7H10N2OS. The monoisotopic (exact) mass is 170 g/mol. The molecule has 1 heterocycles. The number of hydrogen-bond acceptors (Lipinski definition) is 3. The van der Waals surface area contributed by atoms with Crippen LogP contribution in [0.2, 0.25) is 0 Å². The van der Waals surface area contributed by atoms with Crippen LogP contribution >= 0.6 is 11.3 Å². The largest absolute Gasteiger partial charge is 0.358 e. The average molecular weight is 170 g/mol. The van der Waals surface area contributed by atoms with Gasteiger partial charge in [-0.25, -0.2) is 0 Å². The Bertz CT molecular complexity index is 233. The van der Waals surface area contributed by atoms with Gasteiger partial charge in [0.15, 0.2) is 0 Å².